The summed E-state index contributed by atoms with van der Waals surface area (Å²) in [5.41, 5.74) is 2.71. The summed E-state index contributed by atoms with van der Waals surface area (Å²) >= 11 is 1.18. The van der Waals surface area contributed by atoms with E-state index < -0.39 is 16.0 Å². The van der Waals surface area contributed by atoms with E-state index in [0.29, 0.717) is 17.4 Å². The molecule has 0 bridgehead atoms. The highest BCUT2D eigenvalue weighted by molar-refractivity contribution is 7.93. The Morgan fingerprint density at radius 3 is 2.41 bits per heavy atom. The van der Waals surface area contributed by atoms with E-state index in [1.807, 2.05) is 24.3 Å². The van der Waals surface area contributed by atoms with Gasteiger partial charge in [0.25, 0.3) is 10.0 Å². The molecular formula is C24H28N2O6S2. The van der Waals surface area contributed by atoms with Gasteiger partial charge in [-0.25, -0.2) is 17.7 Å². The van der Waals surface area contributed by atoms with E-state index in [0.717, 1.165) is 9.87 Å². The monoisotopic (exact) mass is 504 g/mol. The van der Waals surface area contributed by atoms with E-state index in [4.69, 9.17) is 14.6 Å². The number of methoxy groups -OCH3 is 2. The van der Waals surface area contributed by atoms with Crippen molar-refractivity contribution in [2.24, 2.45) is 0 Å². The third kappa shape index (κ3) is 5.68. The van der Waals surface area contributed by atoms with Gasteiger partial charge < -0.3 is 14.6 Å². The molecule has 0 aliphatic carbocycles. The number of anilines is 1. The summed E-state index contributed by atoms with van der Waals surface area (Å²) in [6.45, 7) is 4.18. The highest BCUT2D eigenvalue weighted by Gasteiger charge is 2.31. The lowest BCUT2D eigenvalue weighted by molar-refractivity contribution is -0.137. The molecule has 0 aliphatic rings. The zero-order valence-corrected chi connectivity index (χ0v) is 21.1. The van der Waals surface area contributed by atoms with Gasteiger partial charge in [0.1, 0.15) is 16.4 Å². The van der Waals surface area contributed by atoms with Gasteiger partial charge in [-0.1, -0.05) is 38.1 Å². The van der Waals surface area contributed by atoms with Crippen molar-refractivity contribution in [3.63, 3.8) is 0 Å². The fraction of sp³-hybridized carbons (Fsp3) is 0.333. The van der Waals surface area contributed by atoms with E-state index in [-0.39, 0.29) is 35.2 Å². The number of rotatable bonds is 11. The lowest BCUT2D eigenvalue weighted by atomic mass is 10.0. The minimum atomic E-state index is -4.13. The van der Waals surface area contributed by atoms with Crippen LogP contribution < -0.4 is 13.8 Å². The summed E-state index contributed by atoms with van der Waals surface area (Å²) in [4.78, 5) is 15.6. The summed E-state index contributed by atoms with van der Waals surface area (Å²) in [6, 6.07) is 12.5. The zero-order chi connectivity index (χ0) is 24.9. The van der Waals surface area contributed by atoms with Crippen molar-refractivity contribution in [1.29, 1.82) is 0 Å². The summed E-state index contributed by atoms with van der Waals surface area (Å²) in [5.74, 6) is -0.0887. The number of benzene rings is 2. The van der Waals surface area contributed by atoms with Crippen molar-refractivity contribution in [1.82, 2.24) is 4.98 Å². The largest absolute Gasteiger partial charge is 0.497 e. The van der Waals surface area contributed by atoms with Crippen LogP contribution in [0.15, 0.2) is 52.7 Å². The second kappa shape index (κ2) is 10.9. The van der Waals surface area contributed by atoms with Crippen molar-refractivity contribution in [3.05, 3.63) is 53.4 Å². The number of carboxylic acids is 1. The third-order valence-corrected chi connectivity index (χ3v) is 8.06. The van der Waals surface area contributed by atoms with Gasteiger partial charge in [-0.3, -0.25) is 4.79 Å². The number of hydrogen-bond donors (Lipinski definition) is 1. The minimum absolute atomic E-state index is 0.0474. The minimum Gasteiger partial charge on any atom is -0.497 e. The van der Waals surface area contributed by atoms with Crippen LogP contribution >= 0.6 is 11.3 Å². The Morgan fingerprint density at radius 2 is 1.82 bits per heavy atom. The Labute approximate surface area is 203 Å². The number of thiazole rings is 1. The lowest BCUT2D eigenvalue weighted by Crippen LogP contribution is -2.32. The van der Waals surface area contributed by atoms with Crippen LogP contribution in [0.25, 0.3) is 11.3 Å². The first-order valence-electron chi connectivity index (χ1n) is 10.7. The second-order valence-electron chi connectivity index (χ2n) is 7.88. The van der Waals surface area contributed by atoms with Crippen LogP contribution in [0.4, 0.5) is 5.13 Å². The quantitative estimate of drug-likeness (QED) is 0.391. The Kier molecular flexibility index (Phi) is 8.16. The second-order valence-corrected chi connectivity index (χ2v) is 10.6. The van der Waals surface area contributed by atoms with Crippen LogP contribution in [-0.4, -0.2) is 45.2 Å². The molecule has 0 radical (unpaired) electrons. The Hall–Kier alpha value is -3.11. The Bertz CT molecular complexity index is 1240. The molecule has 0 amide bonds. The molecule has 10 heteroatoms. The van der Waals surface area contributed by atoms with E-state index in [2.05, 4.69) is 18.8 Å². The van der Waals surface area contributed by atoms with Crippen molar-refractivity contribution in [2.45, 2.75) is 37.5 Å². The van der Waals surface area contributed by atoms with Crippen molar-refractivity contribution in [2.75, 3.05) is 25.1 Å². The normalized spacial score (nSPS) is 11.4. The van der Waals surface area contributed by atoms with Crippen LogP contribution in [0.3, 0.4) is 0 Å². The summed E-state index contributed by atoms with van der Waals surface area (Å²) in [6.07, 6.45) is -0.0466. The first-order valence-corrected chi connectivity index (χ1v) is 13.0. The molecule has 8 nitrogen and oxygen atoms in total. The average Bonchev–Trinajstić information content (AvgIpc) is 3.30. The number of sulfonamides is 1. The van der Waals surface area contributed by atoms with E-state index in [1.54, 1.807) is 11.4 Å². The number of carboxylic acid groups (broad SMARTS) is 1. The molecule has 0 saturated heterocycles. The number of aromatic nitrogens is 1. The molecule has 2 aromatic carbocycles. The molecule has 0 atom stereocenters. The van der Waals surface area contributed by atoms with E-state index in [1.165, 1.54) is 43.3 Å². The third-order valence-electron chi connectivity index (χ3n) is 5.27. The smallest absolute Gasteiger partial charge is 0.303 e. The molecule has 182 valence electrons. The van der Waals surface area contributed by atoms with Gasteiger partial charge in [-0.2, -0.15) is 0 Å². The van der Waals surface area contributed by atoms with Gasteiger partial charge in [0.15, 0.2) is 5.13 Å². The maximum atomic E-state index is 13.7. The van der Waals surface area contributed by atoms with E-state index in [9.17, 15) is 13.2 Å². The number of ether oxygens (including phenoxy) is 2. The molecule has 3 rings (SSSR count). The summed E-state index contributed by atoms with van der Waals surface area (Å²) in [7, 11) is -1.30. The first kappa shape index (κ1) is 25.5. The molecular weight excluding hydrogens is 476 g/mol. The van der Waals surface area contributed by atoms with Crippen LogP contribution in [0.1, 0.15) is 38.2 Å². The molecule has 3 aromatic rings. The molecule has 1 aromatic heterocycles. The molecule has 0 saturated carbocycles. The van der Waals surface area contributed by atoms with Crippen LogP contribution in [0, 0.1) is 0 Å². The first-order chi connectivity index (χ1) is 16.2. The van der Waals surface area contributed by atoms with Gasteiger partial charge in [0, 0.05) is 30.0 Å². The van der Waals surface area contributed by atoms with Crippen LogP contribution in [0.5, 0.6) is 11.5 Å². The van der Waals surface area contributed by atoms with Gasteiger partial charge in [-0.05, 0) is 30.0 Å². The predicted molar refractivity (Wildman–Crippen MR) is 133 cm³/mol. The number of hydrogen-bond acceptors (Lipinski definition) is 7. The fourth-order valence-corrected chi connectivity index (χ4v) is 6.06. The molecule has 0 unspecified atom stereocenters. The van der Waals surface area contributed by atoms with E-state index >= 15 is 0 Å². The molecule has 1 heterocycles. The number of carbonyl (C=O) groups is 1. The van der Waals surface area contributed by atoms with Crippen molar-refractivity contribution in [3.8, 4) is 22.8 Å². The highest BCUT2D eigenvalue weighted by Crippen LogP contribution is 2.36. The maximum Gasteiger partial charge on any atom is 0.303 e. The van der Waals surface area contributed by atoms with Crippen molar-refractivity contribution >= 4 is 32.5 Å². The van der Waals surface area contributed by atoms with Crippen LogP contribution in [0.2, 0.25) is 0 Å². The maximum absolute atomic E-state index is 13.7. The van der Waals surface area contributed by atoms with Crippen molar-refractivity contribution < 1.29 is 27.8 Å². The predicted octanol–water partition coefficient (Wildman–Crippen LogP) is 5.01. The molecule has 0 aliphatic heterocycles. The number of aliphatic carboxylic acids is 1. The fourth-order valence-electron chi connectivity index (χ4n) is 3.35. The van der Waals surface area contributed by atoms with Gasteiger partial charge in [0.05, 0.1) is 19.9 Å². The average molecular weight is 505 g/mol. The summed E-state index contributed by atoms with van der Waals surface area (Å²) in [5, 5.41) is 11.1. The SMILES string of the molecule is COc1ccc(OC)c(S(=O)(=O)N(CCCC(=O)O)c2nc(-c3ccc(C(C)C)cc3)cs2)c1. The Balaban J connectivity index is 2.02. The highest BCUT2D eigenvalue weighted by atomic mass is 32.2. The van der Waals surface area contributed by atoms with Gasteiger partial charge in [0.2, 0.25) is 0 Å². The van der Waals surface area contributed by atoms with Crippen LogP contribution in [-0.2, 0) is 14.8 Å². The molecule has 0 fully saturated rings. The molecule has 0 spiro atoms. The molecule has 1 N–H and O–H groups in total. The van der Waals surface area contributed by atoms with Gasteiger partial charge in [-0.15, -0.1) is 11.3 Å². The summed E-state index contributed by atoms with van der Waals surface area (Å²) < 4.78 is 39.1. The Morgan fingerprint density at radius 1 is 1.12 bits per heavy atom. The zero-order valence-electron chi connectivity index (χ0n) is 19.5. The molecule has 34 heavy (non-hydrogen) atoms. The number of nitrogens with zero attached hydrogens (tertiary/aromatic N) is 2. The lowest BCUT2D eigenvalue weighted by Gasteiger charge is -2.23. The topological polar surface area (TPSA) is 106 Å². The van der Waals surface area contributed by atoms with Gasteiger partial charge >= 0.3 is 5.97 Å². The standard InChI is InChI=1S/C24H28N2O6S2/c1-16(2)17-7-9-18(10-8-17)20-15-33-24(25-20)26(13-5-6-23(27)28)34(29,30)22-14-19(31-3)11-12-21(22)32-4/h7-12,14-16H,5-6,13H2,1-4H3,(H,27,28).